The van der Waals surface area contributed by atoms with Crippen LogP contribution in [0.25, 0.3) is 0 Å². The Labute approximate surface area is 92.4 Å². The van der Waals surface area contributed by atoms with Gasteiger partial charge in [-0.3, -0.25) is 10.1 Å². The molecule has 15 heavy (non-hydrogen) atoms. The summed E-state index contributed by atoms with van der Waals surface area (Å²) in [4.78, 5) is 11.4. The summed E-state index contributed by atoms with van der Waals surface area (Å²) in [5, 5.41) is 10.1. The summed E-state index contributed by atoms with van der Waals surface area (Å²) in [6.07, 6.45) is 2.28. The maximum atomic E-state index is 11.4. The van der Waals surface area contributed by atoms with Crippen LogP contribution in [0, 0.1) is 5.92 Å². The molecule has 7 heteroatoms. The van der Waals surface area contributed by atoms with Gasteiger partial charge in [0.15, 0.2) is 0 Å². The Morgan fingerprint density at radius 3 is 3.00 bits per heavy atom. The van der Waals surface area contributed by atoms with Crippen molar-refractivity contribution in [1.82, 2.24) is 14.8 Å². The van der Waals surface area contributed by atoms with E-state index in [0.29, 0.717) is 24.0 Å². The van der Waals surface area contributed by atoms with E-state index in [1.165, 1.54) is 0 Å². The van der Waals surface area contributed by atoms with E-state index in [1.54, 1.807) is 0 Å². The lowest BCUT2D eigenvalue weighted by Gasteiger charge is -2.08. The van der Waals surface area contributed by atoms with Crippen molar-refractivity contribution in [3.63, 3.8) is 0 Å². The third-order valence-corrected chi connectivity index (χ3v) is 2.58. The topological polar surface area (TPSA) is 93.8 Å². The van der Waals surface area contributed by atoms with E-state index in [9.17, 15) is 4.79 Å². The molecular weight excluding hydrogens is 214 g/mol. The van der Waals surface area contributed by atoms with Crippen LogP contribution in [0.1, 0.15) is 26.2 Å². The fraction of sp³-hybridized carbons (Fsp3) is 0.750. The highest BCUT2D eigenvalue weighted by atomic mass is 32.1. The van der Waals surface area contributed by atoms with Gasteiger partial charge < -0.3 is 5.73 Å². The minimum Gasteiger partial charge on any atom is -0.330 e. The predicted molar refractivity (Wildman–Crippen MR) is 58.4 cm³/mol. The Morgan fingerprint density at radius 2 is 2.40 bits per heavy atom. The first-order chi connectivity index (χ1) is 7.22. The van der Waals surface area contributed by atoms with Crippen molar-refractivity contribution in [3.8, 4) is 0 Å². The maximum absolute atomic E-state index is 11.4. The number of rotatable bonds is 6. The molecule has 0 saturated heterocycles. The highest BCUT2D eigenvalue weighted by molar-refractivity contribution is 7.09. The molecule has 1 unspecified atom stereocenters. The second kappa shape index (κ2) is 6.41. The number of nitrogens with zero attached hydrogens (tertiary/aromatic N) is 3. The zero-order valence-corrected chi connectivity index (χ0v) is 9.46. The maximum Gasteiger partial charge on any atom is 0.231 e. The van der Waals surface area contributed by atoms with Crippen molar-refractivity contribution < 1.29 is 4.79 Å². The fourth-order valence-corrected chi connectivity index (χ4v) is 1.55. The highest BCUT2D eigenvalue weighted by Crippen LogP contribution is 2.11. The van der Waals surface area contributed by atoms with Crippen molar-refractivity contribution in [2.75, 3.05) is 11.9 Å². The van der Waals surface area contributed by atoms with Crippen LogP contribution in [-0.2, 0) is 4.79 Å². The van der Waals surface area contributed by atoms with Gasteiger partial charge in [0, 0.05) is 18.0 Å². The van der Waals surface area contributed by atoms with Crippen molar-refractivity contribution in [2.45, 2.75) is 26.2 Å². The van der Waals surface area contributed by atoms with Gasteiger partial charge in [0.25, 0.3) is 0 Å². The third kappa shape index (κ3) is 4.80. The zero-order valence-electron chi connectivity index (χ0n) is 8.64. The molecule has 1 aromatic rings. The molecule has 0 aliphatic heterocycles. The molecule has 0 aromatic carbocycles. The number of carbonyl (C=O) groups is 1. The first-order valence-corrected chi connectivity index (χ1v) is 5.64. The first-order valence-electron chi connectivity index (χ1n) is 4.87. The number of nitrogens with two attached hydrogens (primary N) is 1. The van der Waals surface area contributed by atoms with Gasteiger partial charge in [-0.25, -0.2) is 0 Å². The average Bonchev–Trinajstić information content (AvgIpc) is 2.68. The van der Waals surface area contributed by atoms with Crippen LogP contribution >= 0.6 is 11.5 Å². The Bertz CT molecular complexity index is 289. The van der Waals surface area contributed by atoms with Crippen LogP contribution in [0.15, 0.2) is 0 Å². The van der Waals surface area contributed by atoms with E-state index >= 15 is 0 Å². The lowest BCUT2D eigenvalue weighted by molar-refractivity contribution is -0.116. The number of amides is 1. The van der Waals surface area contributed by atoms with Crippen LogP contribution in [-0.4, -0.2) is 27.3 Å². The molecule has 0 fully saturated rings. The minimum atomic E-state index is -0.0441. The number of nitrogens with one attached hydrogen (secondary N) is 1. The van der Waals surface area contributed by atoms with Gasteiger partial charge in [-0.2, -0.15) is 0 Å². The predicted octanol–water partition coefficient (Wildman–Crippen LogP) is 0.637. The quantitative estimate of drug-likeness (QED) is 0.746. The van der Waals surface area contributed by atoms with E-state index in [0.717, 1.165) is 24.4 Å². The summed E-state index contributed by atoms with van der Waals surface area (Å²) in [5.41, 5.74) is 5.42. The van der Waals surface area contributed by atoms with Crippen LogP contribution in [0.5, 0.6) is 0 Å². The number of aromatic nitrogens is 3. The molecule has 3 N–H and O–H groups in total. The van der Waals surface area contributed by atoms with E-state index in [-0.39, 0.29) is 5.91 Å². The smallest absolute Gasteiger partial charge is 0.231 e. The molecule has 0 aliphatic rings. The van der Waals surface area contributed by atoms with Crippen LogP contribution in [0.2, 0.25) is 0 Å². The Balaban J connectivity index is 2.19. The van der Waals surface area contributed by atoms with Gasteiger partial charge in [0.2, 0.25) is 11.0 Å². The summed E-state index contributed by atoms with van der Waals surface area (Å²) < 4.78 is 3.55. The highest BCUT2D eigenvalue weighted by Gasteiger charge is 2.08. The van der Waals surface area contributed by atoms with Crippen molar-refractivity contribution in [2.24, 2.45) is 11.7 Å². The summed E-state index contributed by atoms with van der Waals surface area (Å²) in [5.74, 6) is 0.436. The Kier molecular flexibility index (Phi) is 5.13. The van der Waals surface area contributed by atoms with Gasteiger partial charge in [-0.15, -0.1) is 0 Å². The van der Waals surface area contributed by atoms with E-state index < -0.39 is 0 Å². The van der Waals surface area contributed by atoms with Gasteiger partial charge >= 0.3 is 0 Å². The molecule has 0 bridgehead atoms. The lowest BCUT2D eigenvalue weighted by Crippen LogP contribution is -2.13. The number of anilines is 1. The normalized spacial score (nSPS) is 12.4. The number of hydrogen-bond acceptors (Lipinski definition) is 6. The van der Waals surface area contributed by atoms with Crippen molar-refractivity contribution in [1.29, 1.82) is 0 Å². The van der Waals surface area contributed by atoms with Gasteiger partial charge in [-0.05, 0) is 30.5 Å². The largest absolute Gasteiger partial charge is 0.330 e. The molecule has 1 aromatic heterocycles. The van der Waals surface area contributed by atoms with E-state index in [4.69, 9.17) is 5.73 Å². The minimum absolute atomic E-state index is 0.0441. The summed E-state index contributed by atoms with van der Waals surface area (Å²) >= 11 is 1.07. The average molecular weight is 229 g/mol. The fourth-order valence-electron chi connectivity index (χ4n) is 1.17. The molecule has 0 radical (unpaired) electrons. The SMILES string of the molecule is CC(CCN)CCC(=O)Nc1nnns1. The number of carbonyl (C=O) groups excluding carboxylic acids is 1. The Hall–Kier alpha value is -1.08. The summed E-state index contributed by atoms with van der Waals surface area (Å²) in [6, 6.07) is 0. The lowest BCUT2D eigenvalue weighted by atomic mass is 10.0. The second-order valence-corrected chi connectivity index (χ2v) is 4.17. The molecule has 1 amide bonds. The molecule has 6 nitrogen and oxygen atoms in total. The van der Waals surface area contributed by atoms with Crippen molar-refractivity contribution >= 4 is 22.6 Å². The standard InChI is InChI=1S/C8H15N5OS/c1-6(4-5-9)2-3-7(14)10-8-11-12-13-15-8/h6H,2-5,9H2,1H3,(H,10,11,13,14). The summed E-state index contributed by atoms with van der Waals surface area (Å²) in [7, 11) is 0. The molecular formula is C8H15N5OS. The molecule has 1 rings (SSSR count). The monoisotopic (exact) mass is 229 g/mol. The molecule has 1 atom stereocenters. The van der Waals surface area contributed by atoms with Gasteiger partial charge in [-0.1, -0.05) is 16.5 Å². The Morgan fingerprint density at radius 1 is 1.60 bits per heavy atom. The van der Waals surface area contributed by atoms with E-state index in [2.05, 4.69) is 27.0 Å². The van der Waals surface area contributed by atoms with E-state index in [1.807, 2.05) is 0 Å². The zero-order chi connectivity index (χ0) is 11.1. The molecule has 0 spiro atoms. The van der Waals surface area contributed by atoms with Crippen molar-refractivity contribution in [3.05, 3.63) is 0 Å². The number of hydrogen-bond donors (Lipinski definition) is 2. The van der Waals surface area contributed by atoms with Crippen LogP contribution in [0.4, 0.5) is 5.13 Å². The van der Waals surface area contributed by atoms with Crippen LogP contribution in [0.3, 0.4) is 0 Å². The molecule has 0 aliphatic carbocycles. The second-order valence-electron chi connectivity index (χ2n) is 3.44. The van der Waals surface area contributed by atoms with Gasteiger partial charge in [0.1, 0.15) is 0 Å². The molecule has 84 valence electrons. The third-order valence-electron chi connectivity index (χ3n) is 2.07. The molecule has 0 saturated carbocycles. The van der Waals surface area contributed by atoms with Crippen LogP contribution < -0.4 is 11.1 Å². The van der Waals surface area contributed by atoms with Gasteiger partial charge in [0.05, 0.1) is 0 Å². The molecule has 1 heterocycles. The summed E-state index contributed by atoms with van der Waals surface area (Å²) in [6.45, 7) is 2.76. The first kappa shape index (κ1) is 12.0.